The van der Waals surface area contributed by atoms with Crippen LogP contribution >= 0.6 is 0 Å². The van der Waals surface area contributed by atoms with Crippen molar-refractivity contribution in [1.82, 2.24) is 5.32 Å². The summed E-state index contributed by atoms with van der Waals surface area (Å²) >= 11 is 0. The summed E-state index contributed by atoms with van der Waals surface area (Å²) in [5.74, 6) is -1.54. The van der Waals surface area contributed by atoms with E-state index in [4.69, 9.17) is 4.74 Å². The van der Waals surface area contributed by atoms with Crippen LogP contribution in [0.15, 0.2) is 72.8 Å². The fourth-order valence-electron chi connectivity index (χ4n) is 3.09. The van der Waals surface area contributed by atoms with Gasteiger partial charge in [-0.3, -0.25) is 14.9 Å². The van der Waals surface area contributed by atoms with E-state index in [0.29, 0.717) is 0 Å². The summed E-state index contributed by atoms with van der Waals surface area (Å²) in [5, 5.41) is 14.3. The number of nitrogens with zero attached hydrogens (tertiary/aromatic N) is 1. The third-order valence-electron chi connectivity index (χ3n) is 4.48. The minimum absolute atomic E-state index is 0.230. The summed E-state index contributed by atoms with van der Waals surface area (Å²) in [6.07, 6.45) is 0. The topological polar surface area (TPSA) is 90.7 Å². The van der Waals surface area contributed by atoms with E-state index < -0.39 is 34.9 Å². The molecule has 3 aromatic carbocycles. The Morgan fingerprint density at radius 2 is 1.52 bits per heavy atom. The number of hydrogen-bond acceptors (Lipinski definition) is 5. The molecule has 3 aromatic rings. The van der Waals surface area contributed by atoms with Crippen LogP contribution in [0.25, 0.3) is 0 Å². The molecule has 3 rings (SSSR count). The average Bonchev–Trinajstić information content (AvgIpc) is 2.77. The number of halogens is 2. The minimum atomic E-state index is -3.21. The highest BCUT2D eigenvalue weighted by atomic mass is 19.3. The molecule has 1 N–H and O–H groups in total. The molecule has 160 valence electrons. The highest BCUT2D eigenvalue weighted by Gasteiger charge is 2.28. The van der Waals surface area contributed by atoms with Crippen molar-refractivity contribution in [1.29, 1.82) is 0 Å². The fraction of sp³-hybridized carbons (Fsp3) is 0.136. The molecule has 0 aromatic heterocycles. The first-order valence-electron chi connectivity index (χ1n) is 9.12. The van der Waals surface area contributed by atoms with Crippen molar-refractivity contribution in [2.75, 3.05) is 7.11 Å². The van der Waals surface area contributed by atoms with E-state index >= 15 is 0 Å². The number of nitro benzene ring substituents is 1. The minimum Gasteiger partial charge on any atom is -0.493 e. The van der Waals surface area contributed by atoms with Gasteiger partial charge in [-0.25, -0.2) is 0 Å². The summed E-state index contributed by atoms with van der Waals surface area (Å²) in [6.45, 7) is -3.21. The molecular weight excluding hydrogens is 410 g/mol. The van der Waals surface area contributed by atoms with Crippen LogP contribution in [-0.4, -0.2) is 24.6 Å². The quantitative estimate of drug-likeness (QED) is 0.414. The first-order valence-corrected chi connectivity index (χ1v) is 9.12. The van der Waals surface area contributed by atoms with Gasteiger partial charge in [0.05, 0.1) is 24.1 Å². The maximum atomic E-state index is 13.1. The number of benzene rings is 3. The van der Waals surface area contributed by atoms with Crippen LogP contribution in [0, 0.1) is 10.1 Å². The lowest BCUT2D eigenvalue weighted by molar-refractivity contribution is -0.385. The van der Waals surface area contributed by atoms with Crippen LogP contribution in [-0.2, 0) is 0 Å². The summed E-state index contributed by atoms with van der Waals surface area (Å²) in [6, 6.07) is 19.3. The predicted octanol–water partition coefficient (Wildman–Crippen LogP) is 4.72. The van der Waals surface area contributed by atoms with Crippen LogP contribution < -0.4 is 14.8 Å². The number of carbonyl (C=O) groups excluding carboxylic acids is 1. The number of alkyl halides is 2. The van der Waals surface area contributed by atoms with Gasteiger partial charge in [0.15, 0.2) is 11.5 Å². The fourth-order valence-corrected chi connectivity index (χ4v) is 3.09. The SMILES string of the molecule is COc1cc(C(=O)NC(c2ccccc2)c2ccccc2)c([N+](=O)[O-])cc1OC(F)F. The van der Waals surface area contributed by atoms with Crippen LogP contribution in [0.4, 0.5) is 14.5 Å². The van der Waals surface area contributed by atoms with Gasteiger partial charge in [0.2, 0.25) is 0 Å². The Labute approximate surface area is 176 Å². The molecule has 0 aliphatic carbocycles. The van der Waals surface area contributed by atoms with E-state index in [1.807, 2.05) is 36.4 Å². The molecule has 31 heavy (non-hydrogen) atoms. The van der Waals surface area contributed by atoms with Gasteiger partial charge >= 0.3 is 6.61 Å². The molecule has 0 saturated carbocycles. The average molecular weight is 428 g/mol. The summed E-state index contributed by atoms with van der Waals surface area (Å²) in [4.78, 5) is 23.8. The van der Waals surface area contributed by atoms with Crippen molar-refractivity contribution < 1.29 is 28.0 Å². The molecule has 0 heterocycles. The van der Waals surface area contributed by atoms with Gasteiger partial charge in [0.25, 0.3) is 11.6 Å². The Kier molecular flexibility index (Phi) is 6.76. The normalized spacial score (nSPS) is 10.7. The highest BCUT2D eigenvalue weighted by molar-refractivity contribution is 5.99. The number of amides is 1. The lowest BCUT2D eigenvalue weighted by atomic mass is 9.98. The summed E-state index contributed by atoms with van der Waals surface area (Å²) in [7, 11) is 1.18. The van der Waals surface area contributed by atoms with Crippen LogP contribution in [0.1, 0.15) is 27.5 Å². The monoisotopic (exact) mass is 428 g/mol. The zero-order chi connectivity index (χ0) is 22.4. The second kappa shape index (κ2) is 9.66. The molecular formula is C22H18F2N2O5. The second-order valence-corrected chi connectivity index (χ2v) is 6.38. The molecule has 0 fully saturated rings. The van der Waals surface area contributed by atoms with Crippen molar-refractivity contribution in [3.63, 3.8) is 0 Å². The van der Waals surface area contributed by atoms with Crippen molar-refractivity contribution >= 4 is 11.6 Å². The number of rotatable bonds is 8. The first-order chi connectivity index (χ1) is 14.9. The lowest BCUT2D eigenvalue weighted by Crippen LogP contribution is -2.30. The van der Waals surface area contributed by atoms with Gasteiger partial charge in [-0.2, -0.15) is 8.78 Å². The molecule has 0 spiro atoms. The van der Waals surface area contributed by atoms with Gasteiger partial charge in [-0.15, -0.1) is 0 Å². The maximum absolute atomic E-state index is 13.1. The van der Waals surface area contributed by atoms with Crippen molar-refractivity contribution in [3.8, 4) is 11.5 Å². The smallest absolute Gasteiger partial charge is 0.387 e. The van der Waals surface area contributed by atoms with E-state index in [0.717, 1.165) is 23.3 Å². The third-order valence-corrected chi connectivity index (χ3v) is 4.48. The van der Waals surface area contributed by atoms with Gasteiger partial charge in [-0.1, -0.05) is 60.7 Å². The molecule has 1 amide bonds. The largest absolute Gasteiger partial charge is 0.493 e. The molecule has 0 aliphatic heterocycles. The number of nitrogens with one attached hydrogen (secondary N) is 1. The molecule has 0 radical (unpaired) electrons. The van der Waals surface area contributed by atoms with E-state index in [1.54, 1.807) is 24.3 Å². The summed E-state index contributed by atoms with van der Waals surface area (Å²) in [5.41, 5.74) is 0.484. The maximum Gasteiger partial charge on any atom is 0.387 e. The first kappa shape index (κ1) is 21.7. The Hall–Kier alpha value is -4.01. The van der Waals surface area contributed by atoms with E-state index in [2.05, 4.69) is 10.1 Å². The number of methoxy groups -OCH3 is 1. The molecule has 0 bridgehead atoms. The van der Waals surface area contributed by atoms with Crippen molar-refractivity contribution in [2.24, 2.45) is 0 Å². The van der Waals surface area contributed by atoms with Gasteiger partial charge < -0.3 is 14.8 Å². The zero-order valence-electron chi connectivity index (χ0n) is 16.3. The lowest BCUT2D eigenvalue weighted by Gasteiger charge is -2.20. The van der Waals surface area contributed by atoms with Crippen LogP contribution in [0.5, 0.6) is 11.5 Å². The van der Waals surface area contributed by atoms with E-state index in [-0.39, 0.29) is 11.3 Å². The van der Waals surface area contributed by atoms with Crippen LogP contribution in [0.3, 0.4) is 0 Å². The Balaban J connectivity index is 2.03. The van der Waals surface area contributed by atoms with Gasteiger partial charge in [0.1, 0.15) is 5.56 Å². The zero-order valence-corrected chi connectivity index (χ0v) is 16.3. The Morgan fingerprint density at radius 3 is 1.97 bits per heavy atom. The number of nitro groups is 1. The predicted molar refractivity (Wildman–Crippen MR) is 108 cm³/mol. The molecule has 7 nitrogen and oxygen atoms in total. The summed E-state index contributed by atoms with van der Waals surface area (Å²) < 4.78 is 34.6. The Morgan fingerprint density at radius 1 is 0.968 bits per heavy atom. The molecule has 9 heteroatoms. The molecule has 0 aliphatic rings. The molecule has 0 saturated heterocycles. The second-order valence-electron chi connectivity index (χ2n) is 6.38. The van der Waals surface area contributed by atoms with E-state index in [1.165, 1.54) is 7.11 Å². The molecule has 0 unspecified atom stereocenters. The van der Waals surface area contributed by atoms with Crippen molar-refractivity contribution in [3.05, 3.63) is 99.6 Å². The molecule has 0 atom stereocenters. The third kappa shape index (κ3) is 5.13. The van der Waals surface area contributed by atoms with E-state index in [9.17, 15) is 23.7 Å². The van der Waals surface area contributed by atoms with Crippen LogP contribution in [0.2, 0.25) is 0 Å². The Bertz CT molecular complexity index is 1020. The van der Waals surface area contributed by atoms with Gasteiger partial charge in [0, 0.05) is 6.07 Å². The van der Waals surface area contributed by atoms with Crippen molar-refractivity contribution in [2.45, 2.75) is 12.7 Å². The number of hydrogen-bond donors (Lipinski definition) is 1. The number of carbonyl (C=O) groups is 1. The number of ether oxygens (including phenoxy) is 2. The standard InChI is InChI=1S/C22H18F2N2O5/c1-30-18-12-16(17(26(28)29)13-19(18)31-22(23)24)21(27)25-20(14-8-4-2-5-9-14)15-10-6-3-7-11-15/h2-13,20,22H,1H3,(H,25,27). The van der Waals surface area contributed by atoms with Gasteiger partial charge in [-0.05, 0) is 11.1 Å². The highest BCUT2D eigenvalue weighted by Crippen LogP contribution is 2.36.